The Labute approximate surface area is 188 Å². The van der Waals surface area contributed by atoms with Gasteiger partial charge in [-0.15, -0.1) is 35.3 Å². The van der Waals surface area contributed by atoms with Crippen LogP contribution in [0, 0.1) is 0 Å². The molecule has 0 unspecified atom stereocenters. The maximum atomic E-state index is 12.3. The van der Waals surface area contributed by atoms with Crippen LogP contribution in [0.5, 0.6) is 0 Å². The van der Waals surface area contributed by atoms with Crippen molar-refractivity contribution < 1.29 is 12.8 Å². The molecule has 0 atom stereocenters. The van der Waals surface area contributed by atoms with Crippen LogP contribution in [0.4, 0.5) is 0 Å². The van der Waals surface area contributed by atoms with Crippen LogP contribution in [0.1, 0.15) is 24.5 Å². The standard InChI is InChI=1S/C19H27N3O3S2.HI/c1-19(2)15-22(11-14-27(19,23)24)18(20-9-7-16-5-3-12-25-16)21-10-8-17-6-4-13-26-17;/h3-6,12-13H,7-11,14-15H2,1-2H3,(H,20,21);1H. The van der Waals surface area contributed by atoms with Crippen molar-refractivity contribution in [3.8, 4) is 0 Å². The first-order valence-corrected chi connectivity index (χ1v) is 11.7. The van der Waals surface area contributed by atoms with E-state index in [2.05, 4.69) is 21.7 Å². The van der Waals surface area contributed by atoms with Crippen LogP contribution in [0.3, 0.4) is 0 Å². The molecule has 1 fully saturated rings. The molecular formula is C19H28IN3O3S2. The molecule has 9 heteroatoms. The van der Waals surface area contributed by atoms with Gasteiger partial charge in [0.2, 0.25) is 0 Å². The molecule has 1 saturated heterocycles. The molecule has 0 amide bonds. The van der Waals surface area contributed by atoms with E-state index >= 15 is 0 Å². The van der Waals surface area contributed by atoms with Gasteiger partial charge < -0.3 is 14.6 Å². The summed E-state index contributed by atoms with van der Waals surface area (Å²) < 4.78 is 29.2. The highest BCUT2D eigenvalue weighted by Crippen LogP contribution is 2.23. The minimum atomic E-state index is -3.08. The predicted molar refractivity (Wildman–Crippen MR) is 126 cm³/mol. The molecule has 0 bridgehead atoms. The number of guanidine groups is 1. The number of hydrogen-bond acceptors (Lipinski definition) is 5. The Balaban J connectivity index is 0.00000280. The Morgan fingerprint density at radius 2 is 2.14 bits per heavy atom. The van der Waals surface area contributed by atoms with Gasteiger partial charge in [0.25, 0.3) is 0 Å². The van der Waals surface area contributed by atoms with E-state index < -0.39 is 14.6 Å². The number of nitrogens with zero attached hydrogens (tertiary/aromatic N) is 2. The van der Waals surface area contributed by atoms with E-state index in [0.717, 1.165) is 24.6 Å². The first-order chi connectivity index (χ1) is 12.9. The first-order valence-electron chi connectivity index (χ1n) is 9.18. The molecule has 156 valence electrons. The van der Waals surface area contributed by atoms with Gasteiger partial charge in [-0.05, 0) is 37.4 Å². The summed E-state index contributed by atoms with van der Waals surface area (Å²) in [7, 11) is -3.08. The Hall–Kier alpha value is -1.07. The highest BCUT2D eigenvalue weighted by atomic mass is 127. The van der Waals surface area contributed by atoms with E-state index in [1.807, 2.05) is 18.2 Å². The quantitative estimate of drug-likeness (QED) is 0.348. The molecule has 0 saturated carbocycles. The number of sulfone groups is 1. The monoisotopic (exact) mass is 537 g/mol. The summed E-state index contributed by atoms with van der Waals surface area (Å²) in [6, 6.07) is 7.99. The highest BCUT2D eigenvalue weighted by Gasteiger charge is 2.40. The van der Waals surface area contributed by atoms with Gasteiger partial charge in [-0.2, -0.15) is 0 Å². The fraction of sp³-hybridized carbons (Fsp3) is 0.526. The van der Waals surface area contributed by atoms with E-state index in [9.17, 15) is 8.42 Å². The molecule has 3 heterocycles. The van der Waals surface area contributed by atoms with Crippen molar-refractivity contribution in [2.75, 3.05) is 31.9 Å². The molecule has 2 aromatic rings. The smallest absolute Gasteiger partial charge is 0.194 e. The third kappa shape index (κ3) is 5.96. The minimum Gasteiger partial charge on any atom is -0.469 e. The Kier molecular flexibility index (Phi) is 8.38. The molecule has 3 rings (SSSR count). The fourth-order valence-electron chi connectivity index (χ4n) is 3.07. The average Bonchev–Trinajstić information content (AvgIpc) is 3.30. The van der Waals surface area contributed by atoms with Crippen LogP contribution < -0.4 is 5.32 Å². The molecule has 1 aliphatic rings. The number of hydrogen-bond donors (Lipinski definition) is 1. The van der Waals surface area contributed by atoms with Crippen molar-refractivity contribution in [2.24, 2.45) is 4.99 Å². The van der Waals surface area contributed by atoms with Crippen LogP contribution >= 0.6 is 35.3 Å². The summed E-state index contributed by atoms with van der Waals surface area (Å²) >= 11 is 1.73. The van der Waals surface area contributed by atoms with E-state index in [0.29, 0.717) is 26.2 Å². The fourth-order valence-corrected chi connectivity index (χ4v) is 5.14. The van der Waals surface area contributed by atoms with E-state index in [-0.39, 0.29) is 29.7 Å². The first kappa shape index (κ1) is 23.2. The second kappa shape index (κ2) is 10.1. The van der Waals surface area contributed by atoms with Gasteiger partial charge in [0.1, 0.15) is 5.76 Å². The molecule has 0 aromatic carbocycles. The Morgan fingerprint density at radius 3 is 2.79 bits per heavy atom. The van der Waals surface area contributed by atoms with Crippen molar-refractivity contribution in [1.29, 1.82) is 0 Å². The van der Waals surface area contributed by atoms with Crippen LogP contribution in [0.25, 0.3) is 0 Å². The van der Waals surface area contributed by atoms with Crippen molar-refractivity contribution in [3.63, 3.8) is 0 Å². The molecule has 28 heavy (non-hydrogen) atoms. The van der Waals surface area contributed by atoms with Crippen molar-refractivity contribution in [3.05, 3.63) is 46.5 Å². The number of halogens is 1. The normalized spacial score (nSPS) is 18.5. The van der Waals surface area contributed by atoms with Gasteiger partial charge in [-0.25, -0.2) is 8.42 Å². The topological polar surface area (TPSA) is 74.9 Å². The molecule has 6 nitrogen and oxygen atoms in total. The number of rotatable bonds is 6. The summed E-state index contributed by atoms with van der Waals surface area (Å²) in [5.41, 5.74) is 0. The average molecular weight is 537 g/mol. The predicted octanol–water partition coefficient (Wildman–Crippen LogP) is 3.20. The Bertz CT molecular complexity index is 847. The number of nitrogens with one attached hydrogen (secondary N) is 1. The lowest BCUT2D eigenvalue weighted by molar-refractivity contribution is 0.352. The molecule has 2 aromatic heterocycles. The zero-order chi connectivity index (χ0) is 19.3. The zero-order valence-corrected chi connectivity index (χ0v) is 20.2. The zero-order valence-electron chi connectivity index (χ0n) is 16.3. The molecule has 0 radical (unpaired) electrons. The Morgan fingerprint density at radius 1 is 1.32 bits per heavy atom. The molecule has 0 aliphatic carbocycles. The second-order valence-corrected chi connectivity index (χ2v) is 11.1. The van der Waals surface area contributed by atoms with Gasteiger partial charge in [0.05, 0.1) is 16.8 Å². The van der Waals surface area contributed by atoms with E-state index in [4.69, 9.17) is 9.41 Å². The third-order valence-electron chi connectivity index (χ3n) is 4.78. The number of thiophene rings is 1. The summed E-state index contributed by atoms with van der Waals surface area (Å²) in [6.45, 7) is 5.86. The SMILES string of the molecule is CC1(C)CN(C(=NCCc2cccs2)NCCc2ccco2)CCS1(=O)=O.I. The van der Waals surface area contributed by atoms with Gasteiger partial charge in [0.15, 0.2) is 15.8 Å². The van der Waals surface area contributed by atoms with Gasteiger partial charge in [0, 0.05) is 43.9 Å². The lowest BCUT2D eigenvalue weighted by atomic mass is 10.2. The minimum absolute atomic E-state index is 0. The van der Waals surface area contributed by atoms with Crippen molar-refractivity contribution >= 4 is 51.1 Å². The third-order valence-corrected chi connectivity index (χ3v) is 8.25. The van der Waals surface area contributed by atoms with Crippen LogP contribution in [-0.4, -0.2) is 56.0 Å². The van der Waals surface area contributed by atoms with Crippen LogP contribution in [0.15, 0.2) is 45.3 Å². The summed E-state index contributed by atoms with van der Waals surface area (Å²) in [5.74, 6) is 1.85. The maximum Gasteiger partial charge on any atom is 0.194 e. The lowest BCUT2D eigenvalue weighted by Crippen LogP contribution is -2.57. The van der Waals surface area contributed by atoms with Crippen LogP contribution in [-0.2, 0) is 22.7 Å². The van der Waals surface area contributed by atoms with Gasteiger partial charge >= 0.3 is 0 Å². The maximum absolute atomic E-state index is 12.3. The summed E-state index contributed by atoms with van der Waals surface area (Å²) in [4.78, 5) is 8.14. The van der Waals surface area contributed by atoms with E-state index in [1.54, 1.807) is 31.4 Å². The van der Waals surface area contributed by atoms with Crippen molar-refractivity contribution in [1.82, 2.24) is 10.2 Å². The molecule has 0 spiro atoms. The molecule has 1 N–H and O–H groups in total. The van der Waals surface area contributed by atoms with Crippen LogP contribution in [0.2, 0.25) is 0 Å². The van der Waals surface area contributed by atoms with Crippen molar-refractivity contribution in [2.45, 2.75) is 31.4 Å². The summed E-state index contributed by atoms with van der Waals surface area (Å²) in [6.07, 6.45) is 3.31. The highest BCUT2D eigenvalue weighted by molar-refractivity contribution is 14.0. The largest absolute Gasteiger partial charge is 0.469 e. The van der Waals surface area contributed by atoms with Gasteiger partial charge in [-0.1, -0.05) is 6.07 Å². The number of aliphatic imine (C=N–C) groups is 1. The number of furan rings is 1. The second-order valence-electron chi connectivity index (χ2n) is 7.29. The lowest BCUT2D eigenvalue weighted by Gasteiger charge is -2.39. The molecular weight excluding hydrogens is 509 g/mol. The van der Waals surface area contributed by atoms with E-state index in [1.165, 1.54) is 4.88 Å². The summed E-state index contributed by atoms with van der Waals surface area (Å²) in [5, 5.41) is 5.47. The van der Waals surface area contributed by atoms with Gasteiger partial charge in [-0.3, -0.25) is 4.99 Å². The molecule has 1 aliphatic heterocycles.